The van der Waals surface area contributed by atoms with Crippen molar-refractivity contribution in [3.8, 4) is 0 Å². The van der Waals surface area contributed by atoms with E-state index in [1.165, 1.54) is 64.5 Å². The minimum atomic E-state index is 1.27. The van der Waals surface area contributed by atoms with Crippen molar-refractivity contribution in [3.05, 3.63) is 23.3 Å². The Morgan fingerprint density at radius 1 is 0.812 bits per heavy atom. The van der Waals surface area contributed by atoms with Crippen LogP contribution in [-0.4, -0.2) is 25.0 Å². The molecule has 1 nitrogen and oxygen atoms in total. The van der Waals surface area contributed by atoms with Crippen molar-refractivity contribution in [2.75, 3.05) is 20.1 Å². The third-order valence-corrected chi connectivity index (χ3v) is 3.93. The van der Waals surface area contributed by atoms with E-state index in [-0.39, 0.29) is 0 Å². The zero-order chi connectivity index (χ0) is 11.2. The Morgan fingerprint density at radius 3 is 1.81 bits per heavy atom. The number of allylic oxidation sites excluding steroid dienone is 4. The SMILES string of the molecule is CN1CCC/C2=C(/CC/C=C/CC2)CCC1. The van der Waals surface area contributed by atoms with Crippen LogP contribution < -0.4 is 0 Å². The first-order valence-corrected chi connectivity index (χ1v) is 6.89. The van der Waals surface area contributed by atoms with Gasteiger partial charge in [0.2, 0.25) is 0 Å². The van der Waals surface area contributed by atoms with Crippen molar-refractivity contribution < 1.29 is 0 Å². The molecule has 0 aromatic heterocycles. The fraction of sp³-hybridized carbons (Fsp3) is 0.733. The van der Waals surface area contributed by atoms with Crippen LogP contribution in [0.3, 0.4) is 0 Å². The molecule has 0 spiro atoms. The van der Waals surface area contributed by atoms with E-state index in [4.69, 9.17) is 0 Å². The lowest BCUT2D eigenvalue weighted by molar-refractivity contribution is 0.327. The maximum Gasteiger partial charge on any atom is -0.00187 e. The second-order valence-corrected chi connectivity index (χ2v) is 5.27. The molecule has 1 aliphatic carbocycles. The van der Waals surface area contributed by atoms with Crippen LogP contribution in [0.2, 0.25) is 0 Å². The number of rotatable bonds is 0. The Balaban J connectivity index is 2.03. The third-order valence-electron chi connectivity index (χ3n) is 3.93. The maximum absolute atomic E-state index is 2.50. The largest absolute Gasteiger partial charge is 0.306 e. The minimum absolute atomic E-state index is 1.27. The summed E-state index contributed by atoms with van der Waals surface area (Å²) in [5, 5.41) is 0. The molecule has 0 aromatic rings. The zero-order valence-corrected chi connectivity index (χ0v) is 10.7. The van der Waals surface area contributed by atoms with E-state index in [0.29, 0.717) is 0 Å². The molecule has 1 aliphatic heterocycles. The molecule has 0 atom stereocenters. The van der Waals surface area contributed by atoms with Gasteiger partial charge in [0, 0.05) is 0 Å². The highest BCUT2D eigenvalue weighted by Crippen LogP contribution is 2.27. The molecule has 0 N–H and O–H groups in total. The first-order chi connectivity index (χ1) is 7.86. The van der Waals surface area contributed by atoms with Gasteiger partial charge in [0.05, 0.1) is 0 Å². The molecule has 0 fully saturated rings. The molecule has 16 heavy (non-hydrogen) atoms. The van der Waals surface area contributed by atoms with Gasteiger partial charge in [-0.05, 0) is 71.5 Å². The van der Waals surface area contributed by atoms with Gasteiger partial charge in [0.1, 0.15) is 0 Å². The molecular formula is C15H25N. The summed E-state index contributed by atoms with van der Waals surface area (Å²) in [6.07, 6.45) is 15.4. The molecule has 0 amide bonds. The topological polar surface area (TPSA) is 3.24 Å². The average molecular weight is 219 g/mol. The van der Waals surface area contributed by atoms with Crippen LogP contribution in [0.15, 0.2) is 23.3 Å². The van der Waals surface area contributed by atoms with Gasteiger partial charge in [-0.15, -0.1) is 0 Å². The smallest absolute Gasteiger partial charge is 0.00187 e. The monoisotopic (exact) mass is 219 g/mol. The summed E-state index contributed by atoms with van der Waals surface area (Å²) in [5.74, 6) is 0. The molecule has 0 saturated carbocycles. The Bertz CT molecular complexity index is 249. The van der Waals surface area contributed by atoms with Crippen molar-refractivity contribution in [2.45, 2.75) is 51.4 Å². The Hall–Kier alpha value is -0.560. The summed E-state index contributed by atoms with van der Waals surface area (Å²) < 4.78 is 0. The molecule has 1 heteroatoms. The summed E-state index contributed by atoms with van der Waals surface area (Å²) in [6.45, 7) is 2.57. The Kier molecular flexibility index (Phi) is 4.65. The summed E-state index contributed by atoms with van der Waals surface area (Å²) in [6, 6.07) is 0. The zero-order valence-electron chi connectivity index (χ0n) is 10.7. The highest BCUT2D eigenvalue weighted by atomic mass is 15.1. The van der Waals surface area contributed by atoms with Gasteiger partial charge >= 0.3 is 0 Å². The first kappa shape index (κ1) is 11.9. The van der Waals surface area contributed by atoms with Crippen LogP contribution in [0.5, 0.6) is 0 Å². The molecule has 0 bridgehead atoms. The van der Waals surface area contributed by atoms with Crippen LogP contribution in [0, 0.1) is 0 Å². The van der Waals surface area contributed by atoms with Gasteiger partial charge in [-0.25, -0.2) is 0 Å². The fourth-order valence-electron chi connectivity index (χ4n) is 2.94. The summed E-state index contributed by atoms with van der Waals surface area (Å²) in [7, 11) is 2.27. The highest BCUT2D eigenvalue weighted by Gasteiger charge is 2.11. The second kappa shape index (κ2) is 6.24. The first-order valence-electron chi connectivity index (χ1n) is 6.89. The van der Waals surface area contributed by atoms with E-state index < -0.39 is 0 Å². The lowest BCUT2D eigenvalue weighted by Gasteiger charge is -2.15. The van der Waals surface area contributed by atoms with Crippen LogP contribution in [0.4, 0.5) is 0 Å². The third kappa shape index (κ3) is 3.48. The van der Waals surface area contributed by atoms with Crippen LogP contribution >= 0.6 is 0 Å². The molecule has 0 unspecified atom stereocenters. The predicted molar refractivity (Wildman–Crippen MR) is 70.6 cm³/mol. The van der Waals surface area contributed by atoms with Crippen LogP contribution in [0.1, 0.15) is 51.4 Å². The standard InChI is InChI=1S/C15H25N/c1-16-12-6-10-14-8-4-2-3-5-9-15(14)11-7-13-16/h2-3H,4-13H2,1H3/b3-2+,15-14-. The van der Waals surface area contributed by atoms with Crippen molar-refractivity contribution in [1.82, 2.24) is 4.90 Å². The van der Waals surface area contributed by atoms with Crippen molar-refractivity contribution in [1.29, 1.82) is 0 Å². The van der Waals surface area contributed by atoms with Gasteiger partial charge < -0.3 is 4.90 Å². The van der Waals surface area contributed by atoms with E-state index in [1.54, 1.807) is 11.1 Å². The number of nitrogens with zero attached hydrogens (tertiary/aromatic N) is 1. The van der Waals surface area contributed by atoms with Crippen LogP contribution in [0.25, 0.3) is 0 Å². The molecule has 0 saturated heterocycles. The molecule has 2 rings (SSSR count). The quantitative estimate of drug-likeness (QED) is 0.558. The van der Waals surface area contributed by atoms with Gasteiger partial charge in [-0.2, -0.15) is 0 Å². The fourth-order valence-corrected chi connectivity index (χ4v) is 2.94. The molecule has 0 aromatic carbocycles. The van der Waals surface area contributed by atoms with Crippen molar-refractivity contribution >= 4 is 0 Å². The van der Waals surface area contributed by atoms with Gasteiger partial charge in [-0.1, -0.05) is 23.3 Å². The Morgan fingerprint density at radius 2 is 1.31 bits per heavy atom. The summed E-state index contributed by atoms with van der Waals surface area (Å²) in [4.78, 5) is 2.50. The minimum Gasteiger partial charge on any atom is -0.306 e. The normalized spacial score (nSPS) is 31.6. The summed E-state index contributed by atoms with van der Waals surface area (Å²) >= 11 is 0. The van der Waals surface area contributed by atoms with Crippen molar-refractivity contribution in [2.24, 2.45) is 0 Å². The maximum atomic E-state index is 2.50. The second-order valence-electron chi connectivity index (χ2n) is 5.27. The van der Waals surface area contributed by atoms with Gasteiger partial charge in [0.25, 0.3) is 0 Å². The molecule has 1 heterocycles. The lowest BCUT2D eigenvalue weighted by atomic mass is 9.91. The molecule has 2 aliphatic rings. The van der Waals surface area contributed by atoms with E-state index >= 15 is 0 Å². The molecule has 90 valence electrons. The highest BCUT2D eigenvalue weighted by molar-refractivity contribution is 5.17. The lowest BCUT2D eigenvalue weighted by Crippen LogP contribution is -2.20. The molecule has 0 radical (unpaired) electrons. The average Bonchev–Trinajstić information content (AvgIpc) is 2.31. The van der Waals surface area contributed by atoms with E-state index in [9.17, 15) is 0 Å². The van der Waals surface area contributed by atoms with E-state index in [0.717, 1.165) is 0 Å². The Labute approximate surface area is 100 Å². The molecular weight excluding hydrogens is 194 g/mol. The summed E-state index contributed by atoms with van der Waals surface area (Å²) in [5.41, 5.74) is 3.61. The van der Waals surface area contributed by atoms with E-state index in [1.807, 2.05) is 0 Å². The number of hydrogen-bond acceptors (Lipinski definition) is 1. The van der Waals surface area contributed by atoms with Crippen molar-refractivity contribution in [3.63, 3.8) is 0 Å². The van der Waals surface area contributed by atoms with Crippen LogP contribution in [-0.2, 0) is 0 Å². The number of hydrogen-bond donors (Lipinski definition) is 0. The van der Waals surface area contributed by atoms with E-state index in [2.05, 4.69) is 24.1 Å². The van der Waals surface area contributed by atoms with Gasteiger partial charge in [0.15, 0.2) is 0 Å². The predicted octanol–water partition coefficient (Wildman–Crippen LogP) is 3.92. The van der Waals surface area contributed by atoms with Gasteiger partial charge in [-0.3, -0.25) is 0 Å².